The summed E-state index contributed by atoms with van der Waals surface area (Å²) in [5.41, 5.74) is 1.55. The molecule has 1 aliphatic heterocycles. The molecule has 0 atom stereocenters. The maximum Gasteiger partial charge on any atom is 0.231 e. The lowest BCUT2D eigenvalue weighted by Crippen LogP contribution is -2.03. The zero-order chi connectivity index (χ0) is 13.9. The first-order valence-electron chi connectivity index (χ1n) is 6.32. The van der Waals surface area contributed by atoms with Crippen molar-refractivity contribution in [2.24, 2.45) is 0 Å². The van der Waals surface area contributed by atoms with Crippen molar-refractivity contribution in [3.05, 3.63) is 53.6 Å². The number of carbonyl (C=O) groups excluding carboxylic acids is 1. The Balaban J connectivity index is 1.79. The molecule has 0 fully saturated rings. The molecule has 4 nitrogen and oxygen atoms in total. The van der Waals surface area contributed by atoms with Crippen LogP contribution in [0.2, 0.25) is 0 Å². The molecule has 1 heterocycles. The van der Waals surface area contributed by atoms with E-state index >= 15 is 0 Å². The van der Waals surface area contributed by atoms with Crippen molar-refractivity contribution >= 4 is 5.78 Å². The molecule has 0 saturated heterocycles. The molecule has 0 aromatic heterocycles. The SMILES string of the molecule is COc1cccc(CC(=O)c2ccc3c(c2)OCO3)c1. The van der Waals surface area contributed by atoms with Gasteiger partial charge in [0.15, 0.2) is 17.3 Å². The molecule has 4 heteroatoms. The summed E-state index contributed by atoms with van der Waals surface area (Å²) in [5, 5.41) is 0. The van der Waals surface area contributed by atoms with Gasteiger partial charge in [-0.3, -0.25) is 4.79 Å². The summed E-state index contributed by atoms with van der Waals surface area (Å²) < 4.78 is 15.7. The minimum atomic E-state index is 0.0385. The highest BCUT2D eigenvalue weighted by atomic mass is 16.7. The second-order valence-corrected chi connectivity index (χ2v) is 4.52. The standard InChI is InChI=1S/C16H14O4/c1-18-13-4-2-3-11(7-13)8-14(17)12-5-6-15-16(9-12)20-10-19-15/h2-7,9H,8,10H2,1H3. The van der Waals surface area contributed by atoms with Gasteiger partial charge in [-0.1, -0.05) is 12.1 Å². The van der Waals surface area contributed by atoms with Crippen LogP contribution in [0.15, 0.2) is 42.5 Å². The predicted octanol–water partition coefficient (Wildman–Crippen LogP) is 2.85. The van der Waals surface area contributed by atoms with Gasteiger partial charge in [-0.2, -0.15) is 0 Å². The summed E-state index contributed by atoms with van der Waals surface area (Å²) in [6, 6.07) is 12.8. The Hall–Kier alpha value is -2.49. The second-order valence-electron chi connectivity index (χ2n) is 4.52. The van der Waals surface area contributed by atoms with Gasteiger partial charge in [-0.25, -0.2) is 0 Å². The van der Waals surface area contributed by atoms with Gasteiger partial charge < -0.3 is 14.2 Å². The normalized spacial score (nSPS) is 12.2. The van der Waals surface area contributed by atoms with Crippen molar-refractivity contribution in [1.82, 2.24) is 0 Å². The Morgan fingerprint density at radius 1 is 1.15 bits per heavy atom. The lowest BCUT2D eigenvalue weighted by Gasteiger charge is -2.05. The zero-order valence-electron chi connectivity index (χ0n) is 11.1. The number of ether oxygens (including phenoxy) is 3. The van der Waals surface area contributed by atoms with Crippen LogP contribution in [0.25, 0.3) is 0 Å². The summed E-state index contributed by atoms with van der Waals surface area (Å²) in [5.74, 6) is 2.10. The molecular formula is C16H14O4. The third-order valence-electron chi connectivity index (χ3n) is 3.19. The van der Waals surface area contributed by atoms with E-state index in [4.69, 9.17) is 14.2 Å². The largest absolute Gasteiger partial charge is 0.497 e. The van der Waals surface area contributed by atoms with Gasteiger partial charge in [0.1, 0.15) is 5.75 Å². The van der Waals surface area contributed by atoms with E-state index in [0.29, 0.717) is 23.5 Å². The molecule has 102 valence electrons. The van der Waals surface area contributed by atoms with Crippen LogP contribution < -0.4 is 14.2 Å². The van der Waals surface area contributed by atoms with Gasteiger partial charge in [0.25, 0.3) is 0 Å². The number of carbonyl (C=O) groups is 1. The summed E-state index contributed by atoms with van der Waals surface area (Å²) in [6.07, 6.45) is 0.330. The second kappa shape index (κ2) is 5.25. The Labute approximate surface area is 116 Å². The Morgan fingerprint density at radius 2 is 2.00 bits per heavy atom. The fourth-order valence-electron chi connectivity index (χ4n) is 2.14. The maximum atomic E-state index is 12.3. The molecule has 0 bridgehead atoms. The first-order valence-corrected chi connectivity index (χ1v) is 6.32. The van der Waals surface area contributed by atoms with E-state index in [0.717, 1.165) is 11.3 Å². The number of Topliss-reactive ketones (excluding diaryl/α,β-unsaturated/α-hetero) is 1. The van der Waals surface area contributed by atoms with E-state index in [-0.39, 0.29) is 12.6 Å². The first kappa shape index (κ1) is 12.5. The van der Waals surface area contributed by atoms with Gasteiger partial charge in [0.05, 0.1) is 7.11 Å². The average Bonchev–Trinajstić information content (AvgIpc) is 2.94. The molecule has 0 unspecified atom stereocenters. The monoisotopic (exact) mass is 270 g/mol. The van der Waals surface area contributed by atoms with E-state index < -0.39 is 0 Å². The van der Waals surface area contributed by atoms with Crippen LogP contribution >= 0.6 is 0 Å². The lowest BCUT2D eigenvalue weighted by atomic mass is 10.0. The van der Waals surface area contributed by atoms with Crippen LogP contribution in [0.4, 0.5) is 0 Å². The van der Waals surface area contributed by atoms with E-state index in [9.17, 15) is 4.79 Å². The smallest absolute Gasteiger partial charge is 0.231 e. The Kier molecular flexibility index (Phi) is 3.29. The van der Waals surface area contributed by atoms with E-state index in [1.54, 1.807) is 25.3 Å². The summed E-state index contributed by atoms with van der Waals surface area (Å²) in [7, 11) is 1.61. The molecule has 0 aliphatic carbocycles. The number of ketones is 1. The van der Waals surface area contributed by atoms with Gasteiger partial charge in [0.2, 0.25) is 6.79 Å². The summed E-state index contributed by atoms with van der Waals surface area (Å²) >= 11 is 0. The average molecular weight is 270 g/mol. The number of fused-ring (bicyclic) bond motifs is 1. The molecule has 3 rings (SSSR count). The van der Waals surface area contributed by atoms with Gasteiger partial charge in [0, 0.05) is 12.0 Å². The Bertz CT molecular complexity index is 649. The van der Waals surface area contributed by atoms with Crippen molar-refractivity contribution in [3.63, 3.8) is 0 Å². The predicted molar refractivity (Wildman–Crippen MR) is 73.6 cm³/mol. The molecule has 2 aromatic carbocycles. The summed E-state index contributed by atoms with van der Waals surface area (Å²) in [6.45, 7) is 0.211. The Morgan fingerprint density at radius 3 is 2.85 bits per heavy atom. The highest BCUT2D eigenvalue weighted by molar-refractivity contribution is 5.98. The number of hydrogen-bond donors (Lipinski definition) is 0. The fourth-order valence-corrected chi connectivity index (χ4v) is 2.14. The van der Waals surface area contributed by atoms with Gasteiger partial charge in [-0.05, 0) is 35.9 Å². The van der Waals surface area contributed by atoms with Crippen LogP contribution in [0.5, 0.6) is 17.2 Å². The van der Waals surface area contributed by atoms with Crippen molar-refractivity contribution in [3.8, 4) is 17.2 Å². The molecule has 0 radical (unpaired) electrons. The van der Waals surface area contributed by atoms with Crippen molar-refractivity contribution < 1.29 is 19.0 Å². The van der Waals surface area contributed by atoms with Gasteiger partial charge in [-0.15, -0.1) is 0 Å². The fraction of sp³-hybridized carbons (Fsp3) is 0.188. The number of rotatable bonds is 4. The topological polar surface area (TPSA) is 44.8 Å². The molecule has 0 saturated carbocycles. The van der Waals surface area contributed by atoms with Gasteiger partial charge >= 0.3 is 0 Å². The van der Waals surface area contributed by atoms with Crippen LogP contribution in [-0.2, 0) is 6.42 Å². The first-order chi connectivity index (χ1) is 9.76. The zero-order valence-corrected chi connectivity index (χ0v) is 11.1. The minimum Gasteiger partial charge on any atom is -0.497 e. The van der Waals surface area contributed by atoms with Crippen LogP contribution in [-0.4, -0.2) is 19.7 Å². The molecule has 0 spiro atoms. The van der Waals surface area contributed by atoms with Crippen LogP contribution in [0.3, 0.4) is 0 Å². The maximum absolute atomic E-state index is 12.3. The van der Waals surface area contributed by atoms with E-state index in [1.165, 1.54) is 0 Å². The minimum absolute atomic E-state index is 0.0385. The van der Waals surface area contributed by atoms with Crippen LogP contribution in [0, 0.1) is 0 Å². The molecule has 20 heavy (non-hydrogen) atoms. The third-order valence-corrected chi connectivity index (χ3v) is 3.19. The van der Waals surface area contributed by atoms with Crippen LogP contribution in [0.1, 0.15) is 15.9 Å². The number of methoxy groups -OCH3 is 1. The van der Waals surface area contributed by atoms with E-state index in [1.807, 2.05) is 24.3 Å². The highest BCUT2D eigenvalue weighted by Gasteiger charge is 2.16. The molecule has 1 aliphatic rings. The van der Waals surface area contributed by atoms with Crippen molar-refractivity contribution in [2.45, 2.75) is 6.42 Å². The number of hydrogen-bond acceptors (Lipinski definition) is 4. The highest BCUT2D eigenvalue weighted by Crippen LogP contribution is 2.32. The summed E-state index contributed by atoms with van der Waals surface area (Å²) in [4.78, 5) is 12.3. The molecular weight excluding hydrogens is 256 g/mol. The molecule has 0 N–H and O–H groups in total. The molecule has 2 aromatic rings. The lowest BCUT2D eigenvalue weighted by molar-refractivity contribution is 0.0992. The van der Waals surface area contributed by atoms with Crippen molar-refractivity contribution in [1.29, 1.82) is 0 Å². The molecule has 0 amide bonds. The van der Waals surface area contributed by atoms with Crippen molar-refractivity contribution in [2.75, 3.05) is 13.9 Å². The third kappa shape index (κ3) is 2.45. The quantitative estimate of drug-likeness (QED) is 0.801. The van der Waals surface area contributed by atoms with E-state index in [2.05, 4.69) is 0 Å². The number of benzene rings is 2.